The second-order valence-corrected chi connectivity index (χ2v) is 6.90. The number of likely N-dealkylation sites (N-methyl/N-ethyl adjacent to an activating group) is 1. The van der Waals surface area contributed by atoms with Crippen LogP contribution in [0, 0.1) is 11.8 Å². The number of aliphatic hydroxyl groups is 1. The summed E-state index contributed by atoms with van der Waals surface area (Å²) in [5.74, 6) is 0.747. The first-order valence-electron chi connectivity index (χ1n) is 7.62. The van der Waals surface area contributed by atoms with Crippen molar-refractivity contribution in [3.63, 3.8) is 0 Å². The van der Waals surface area contributed by atoms with Gasteiger partial charge in [-0.1, -0.05) is 19.8 Å². The molecular formula is C15H28N2O2. The van der Waals surface area contributed by atoms with Crippen LogP contribution in [0.3, 0.4) is 0 Å². The maximum atomic E-state index is 12.5. The molecule has 0 aromatic heterocycles. The average Bonchev–Trinajstić information content (AvgIpc) is 2.73. The molecule has 0 bridgehead atoms. The molecule has 0 aliphatic heterocycles. The number of amides is 1. The second kappa shape index (κ2) is 5.80. The van der Waals surface area contributed by atoms with E-state index in [1.54, 1.807) is 4.90 Å². The van der Waals surface area contributed by atoms with Crippen molar-refractivity contribution < 1.29 is 9.90 Å². The molecule has 2 fully saturated rings. The molecule has 2 aliphatic rings. The fourth-order valence-corrected chi connectivity index (χ4v) is 3.88. The van der Waals surface area contributed by atoms with Gasteiger partial charge in [0.25, 0.3) is 0 Å². The Balaban J connectivity index is 1.91. The van der Waals surface area contributed by atoms with Gasteiger partial charge in [-0.25, -0.2) is 0 Å². The predicted molar refractivity (Wildman–Crippen MR) is 75.5 cm³/mol. The van der Waals surface area contributed by atoms with Gasteiger partial charge in [0.1, 0.15) is 0 Å². The molecule has 0 aromatic rings. The van der Waals surface area contributed by atoms with Crippen molar-refractivity contribution in [3.05, 3.63) is 0 Å². The summed E-state index contributed by atoms with van der Waals surface area (Å²) in [6.45, 7) is 2.65. The molecule has 1 amide bonds. The minimum atomic E-state index is -0.646. The van der Waals surface area contributed by atoms with Gasteiger partial charge in [0.2, 0.25) is 5.91 Å². The summed E-state index contributed by atoms with van der Waals surface area (Å²) in [6, 6.07) is 0.153. The van der Waals surface area contributed by atoms with E-state index >= 15 is 0 Å². The fourth-order valence-electron chi connectivity index (χ4n) is 3.88. The van der Waals surface area contributed by atoms with E-state index in [1.807, 2.05) is 7.05 Å². The average molecular weight is 268 g/mol. The van der Waals surface area contributed by atoms with Crippen molar-refractivity contribution in [2.45, 2.75) is 63.5 Å². The third kappa shape index (κ3) is 3.69. The molecule has 4 nitrogen and oxygen atoms in total. The molecule has 3 atom stereocenters. The fraction of sp³-hybridized carbons (Fsp3) is 0.933. The van der Waals surface area contributed by atoms with Gasteiger partial charge in [-0.2, -0.15) is 0 Å². The van der Waals surface area contributed by atoms with Crippen LogP contribution in [0.1, 0.15) is 51.9 Å². The molecule has 2 aliphatic carbocycles. The molecule has 110 valence electrons. The van der Waals surface area contributed by atoms with Crippen LogP contribution >= 0.6 is 0 Å². The van der Waals surface area contributed by atoms with Gasteiger partial charge in [0, 0.05) is 25.6 Å². The van der Waals surface area contributed by atoms with E-state index in [0.717, 1.165) is 44.9 Å². The Hall–Kier alpha value is -0.610. The summed E-state index contributed by atoms with van der Waals surface area (Å²) < 4.78 is 0. The van der Waals surface area contributed by atoms with Crippen molar-refractivity contribution in [2.24, 2.45) is 17.6 Å². The van der Waals surface area contributed by atoms with Crippen LogP contribution in [0.5, 0.6) is 0 Å². The first-order chi connectivity index (χ1) is 8.89. The van der Waals surface area contributed by atoms with Crippen molar-refractivity contribution in [3.8, 4) is 0 Å². The quantitative estimate of drug-likeness (QED) is 0.815. The Kier molecular flexibility index (Phi) is 4.51. The van der Waals surface area contributed by atoms with Crippen molar-refractivity contribution >= 4 is 5.91 Å². The SMILES string of the molecule is CC1CC(N)CC(C(=O)N(C)CC2(O)CCCC2)C1. The minimum Gasteiger partial charge on any atom is -0.388 e. The zero-order chi connectivity index (χ0) is 14.0. The molecule has 2 saturated carbocycles. The Morgan fingerprint density at radius 2 is 1.95 bits per heavy atom. The molecule has 0 spiro atoms. The lowest BCUT2D eigenvalue weighted by Crippen LogP contribution is -2.46. The third-order valence-electron chi connectivity index (χ3n) is 4.77. The highest BCUT2D eigenvalue weighted by molar-refractivity contribution is 5.78. The first kappa shape index (κ1) is 14.8. The molecule has 0 radical (unpaired) electrons. The van der Waals surface area contributed by atoms with E-state index < -0.39 is 5.60 Å². The molecule has 19 heavy (non-hydrogen) atoms. The smallest absolute Gasteiger partial charge is 0.225 e. The molecular weight excluding hydrogens is 240 g/mol. The van der Waals surface area contributed by atoms with E-state index in [9.17, 15) is 9.90 Å². The molecule has 3 N–H and O–H groups in total. The lowest BCUT2D eigenvalue weighted by molar-refractivity contribution is -0.139. The molecule has 0 aromatic carbocycles. The van der Waals surface area contributed by atoms with E-state index in [4.69, 9.17) is 5.73 Å². The number of rotatable bonds is 3. The van der Waals surface area contributed by atoms with Crippen LogP contribution in [0.2, 0.25) is 0 Å². The van der Waals surface area contributed by atoms with E-state index in [0.29, 0.717) is 12.5 Å². The monoisotopic (exact) mass is 268 g/mol. The lowest BCUT2D eigenvalue weighted by Gasteiger charge is -2.35. The standard InChI is InChI=1S/C15H28N2O2/c1-11-7-12(9-13(16)8-11)14(18)17(2)10-15(19)5-3-4-6-15/h11-13,19H,3-10,16H2,1-2H3. The maximum Gasteiger partial charge on any atom is 0.225 e. The maximum absolute atomic E-state index is 12.5. The van der Waals surface area contributed by atoms with Crippen LogP contribution in [0.15, 0.2) is 0 Å². The van der Waals surface area contributed by atoms with Crippen molar-refractivity contribution in [1.82, 2.24) is 4.90 Å². The number of nitrogens with zero attached hydrogens (tertiary/aromatic N) is 1. The van der Waals surface area contributed by atoms with Gasteiger partial charge in [0.05, 0.1) is 5.60 Å². The number of nitrogens with two attached hydrogens (primary N) is 1. The minimum absolute atomic E-state index is 0.0498. The summed E-state index contributed by atoms with van der Waals surface area (Å²) in [6.07, 6.45) is 6.56. The number of hydrogen-bond acceptors (Lipinski definition) is 3. The van der Waals surface area contributed by atoms with Gasteiger partial charge in [-0.05, 0) is 38.0 Å². The van der Waals surface area contributed by atoms with Gasteiger partial charge in [0.15, 0.2) is 0 Å². The zero-order valence-corrected chi connectivity index (χ0v) is 12.3. The van der Waals surface area contributed by atoms with Gasteiger partial charge < -0.3 is 15.7 Å². The third-order valence-corrected chi connectivity index (χ3v) is 4.77. The summed E-state index contributed by atoms with van der Waals surface area (Å²) in [5, 5.41) is 10.4. The van der Waals surface area contributed by atoms with E-state index in [-0.39, 0.29) is 17.9 Å². The normalized spacial score (nSPS) is 34.2. The number of carbonyl (C=O) groups excluding carboxylic acids is 1. The van der Waals surface area contributed by atoms with Gasteiger partial charge in [-0.15, -0.1) is 0 Å². The van der Waals surface area contributed by atoms with E-state index in [2.05, 4.69) is 6.92 Å². The summed E-state index contributed by atoms with van der Waals surface area (Å²) in [5.41, 5.74) is 5.38. The van der Waals surface area contributed by atoms with Crippen LogP contribution in [-0.4, -0.2) is 41.1 Å². The summed E-state index contributed by atoms with van der Waals surface area (Å²) >= 11 is 0. The first-order valence-corrected chi connectivity index (χ1v) is 7.62. The van der Waals surface area contributed by atoms with Crippen LogP contribution in [0.4, 0.5) is 0 Å². The summed E-state index contributed by atoms with van der Waals surface area (Å²) in [4.78, 5) is 14.2. The Morgan fingerprint density at radius 1 is 1.32 bits per heavy atom. The van der Waals surface area contributed by atoms with E-state index in [1.165, 1.54) is 0 Å². The topological polar surface area (TPSA) is 66.6 Å². The van der Waals surface area contributed by atoms with Crippen LogP contribution in [-0.2, 0) is 4.79 Å². The number of carbonyl (C=O) groups is 1. The lowest BCUT2D eigenvalue weighted by atomic mass is 9.79. The molecule has 0 heterocycles. The Labute approximate surface area is 116 Å². The number of hydrogen-bond donors (Lipinski definition) is 2. The molecule has 0 saturated heterocycles. The van der Waals surface area contributed by atoms with Crippen molar-refractivity contribution in [1.29, 1.82) is 0 Å². The van der Waals surface area contributed by atoms with Crippen LogP contribution < -0.4 is 5.73 Å². The zero-order valence-electron chi connectivity index (χ0n) is 12.3. The Morgan fingerprint density at radius 3 is 2.53 bits per heavy atom. The summed E-state index contributed by atoms with van der Waals surface area (Å²) in [7, 11) is 1.82. The van der Waals surface area contributed by atoms with Gasteiger partial charge >= 0.3 is 0 Å². The predicted octanol–water partition coefficient (Wildman–Crippen LogP) is 1.51. The van der Waals surface area contributed by atoms with Gasteiger partial charge in [-0.3, -0.25) is 4.79 Å². The largest absolute Gasteiger partial charge is 0.388 e. The molecule has 3 unspecified atom stereocenters. The second-order valence-electron chi connectivity index (χ2n) is 6.90. The Bertz CT molecular complexity index is 316. The highest BCUT2D eigenvalue weighted by Crippen LogP contribution is 2.32. The van der Waals surface area contributed by atoms with Crippen LogP contribution in [0.25, 0.3) is 0 Å². The van der Waals surface area contributed by atoms with Crippen molar-refractivity contribution in [2.75, 3.05) is 13.6 Å². The molecule has 4 heteroatoms. The molecule has 2 rings (SSSR count). The highest BCUT2D eigenvalue weighted by Gasteiger charge is 2.36. The highest BCUT2D eigenvalue weighted by atomic mass is 16.3.